The van der Waals surface area contributed by atoms with Crippen LogP contribution in [0.5, 0.6) is 0 Å². The summed E-state index contributed by atoms with van der Waals surface area (Å²) in [5.74, 6) is 7.41. The van der Waals surface area contributed by atoms with Gasteiger partial charge in [0.15, 0.2) is 0 Å². The molecule has 0 amide bonds. The lowest BCUT2D eigenvalue weighted by molar-refractivity contribution is 1.03. The van der Waals surface area contributed by atoms with Gasteiger partial charge in [-0.05, 0) is 38.5 Å². The number of hydrazine groups is 1. The third-order valence-electron chi connectivity index (χ3n) is 2.92. The van der Waals surface area contributed by atoms with E-state index in [1.807, 2.05) is 39.0 Å². The maximum atomic E-state index is 6.10. The quantitative estimate of drug-likeness (QED) is 0.594. The zero-order valence-corrected chi connectivity index (χ0v) is 11.8. The van der Waals surface area contributed by atoms with Crippen LogP contribution in [0.15, 0.2) is 18.2 Å². The number of halogens is 1. The van der Waals surface area contributed by atoms with Gasteiger partial charge in [-0.2, -0.15) is 0 Å². The van der Waals surface area contributed by atoms with E-state index < -0.39 is 0 Å². The molecule has 0 aliphatic heterocycles. The van der Waals surface area contributed by atoms with Crippen molar-refractivity contribution in [3.8, 4) is 0 Å². The number of hydrogen-bond acceptors (Lipinski definition) is 5. The average molecular weight is 278 g/mol. The lowest BCUT2D eigenvalue weighted by Crippen LogP contribution is -2.13. The molecular weight excluding hydrogens is 262 g/mol. The Bertz CT molecular complexity index is 612. The van der Waals surface area contributed by atoms with Crippen LogP contribution in [0.25, 0.3) is 0 Å². The van der Waals surface area contributed by atoms with Crippen LogP contribution in [0, 0.1) is 20.8 Å². The van der Waals surface area contributed by atoms with Gasteiger partial charge in [0, 0.05) is 16.3 Å². The first-order chi connectivity index (χ1) is 9.02. The second-order valence-electron chi connectivity index (χ2n) is 4.27. The van der Waals surface area contributed by atoms with Crippen LogP contribution < -0.4 is 16.6 Å². The van der Waals surface area contributed by atoms with Crippen molar-refractivity contribution in [2.45, 2.75) is 20.8 Å². The lowest BCUT2D eigenvalue weighted by atomic mass is 10.2. The van der Waals surface area contributed by atoms with Gasteiger partial charge in [-0.1, -0.05) is 17.7 Å². The van der Waals surface area contributed by atoms with Crippen LogP contribution >= 0.6 is 11.6 Å². The minimum absolute atomic E-state index is 0.606. The molecule has 1 aromatic carbocycles. The van der Waals surface area contributed by atoms with E-state index >= 15 is 0 Å². The number of benzene rings is 1. The number of nitrogen functional groups attached to an aromatic ring is 1. The molecule has 4 N–H and O–H groups in total. The van der Waals surface area contributed by atoms with E-state index in [2.05, 4.69) is 20.7 Å². The number of rotatable bonds is 3. The van der Waals surface area contributed by atoms with Gasteiger partial charge < -0.3 is 10.7 Å². The maximum Gasteiger partial charge on any atom is 0.148 e. The minimum Gasteiger partial charge on any atom is -0.340 e. The van der Waals surface area contributed by atoms with Crippen molar-refractivity contribution in [1.82, 2.24) is 9.97 Å². The number of aryl methyl sites for hydroxylation is 1. The lowest BCUT2D eigenvalue weighted by Gasteiger charge is -2.14. The smallest absolute Gasteiger partial charge is 0.148 e. The molecule has 5 nitrogen and oxygen atoms in total. The van der Waals surface area contributed by atoms with Crippen molar-refractivity contribution >= 4 is 28.9 Å². The van der Waals surface area contributed by atoms with Gasteiger partial charge in [-0.25, -0.2) is 15.8 Å². The third kappa shape index (κ3) is 2.77. The molecule has 0 saturated heterocycles. The number of aromatic nitrogens is 2. The summed E-state index contributed by atoms with van der Waals surface area (Å²) in [6.45, 7) is 5.67. The van der Waals surface area contributed by atoms with Crippen LogP contribution in [0.4, 0.5) is 17.3 Å². The average Bonchev–Trinajstić information content (AvgIpc) is 2.38. The molecular formula is C13H16ClN5. The molecule has 0 saturated carbocycles. The Balaban J connectivity index is 2.43. The summed E-state index contributed by atoms with van der Waals surface area (Å²) in [5, 5.41) is 3.98. The molecule has 2 rings (SSSR count). The van der Waals surface area contributed by atoms with Crippen molar-refractivity contribution in [3.63, 3.8) is 0 Å². The molecule has 100 valence electrons. The zero-order chi connectivity index (χ0) is 14.0. The Morgan fingerprint density at radius 2 is 1.74 bits per heavy atom. The van der Waals surface area contributed by atoms with Crippen LogP contribution in [0.2, 0.25) is 5.02 Å². The topological polar surface area (TPSA) is 75.9 Å². The van der Waals surface area contributed by atoms with E-state index in [0.29, 0.717) is 22.5 Å². The van der Waals surface area contributed by atoms with Gasteiger partial charge in [0.25, 0.3) is 0 Å². The van der Waals surface area contributed by atoms with Gasteiger partial charge in [-0.15, -0.1) is 0 Å². The van der Waals surface area contributed by atoms with Gasteiger partial charge in [0.2, 0.25) is 0 Å². The standard InChI is InChI=1S/C13H16ClN5/c1-7-10(14)5-4-6-11(7)18-12-8(2)13(19-15)17-9(3)16-12/h4-6H,15H2,1-3H3,(H2,16,17,18,19). The fourth-order valence-corrected chi connectivity index (χ4v) is 1.94. The SMILES string of the molecule is Cc1nc(NN)c(C)c(Nc2cccc(Cl)c2C)n1. The Labute approximate surface area is 117 Å². The van der Waals surface area contributed by atoms with Crippen molar-refractivity contribution < 1.29 is 0 Å². The molecule has 0 aliphatic rings. The Hall–Kier alpha value is -1.85. The normalized spacial score (nSPS) is 10.4. The largest absolute Gasteiger partial charge is 0.340 e. The molecule has 1 aromatic heterocycles. The predicted molar refractivity (Wildman–Crippen MR) is 78.8 cm³/mol. The molecule has 0 fully saturated rings. The molecule has 19 heavy (non-hydrogen) atoms. The summed E-state index contributed by atoms with van der Waals surface area (Å²) in [5.41, 5.74) is 5.31. The van der Waals surface area contributed by atoms with E-state index in [-0.39, 0.29) is 0 Å². The van der Waals surface area contributed by atoms with Gasteiger partial charge in [0.05, 0.1) is 0 Å². The van der Waals surface area contributed by atoms with E-state index in [1.54, 1.807) is 0 Å². The highest BCUT2D eigenvalue weighted by Gasteiger charge is 2.10. The van der Waals surface area contributed by atoms with Crippen LogP contribution in [0.3, 0.4) is 0 Å². The van der Waals surface area contributed by atoms with Crippen LogP contribution in [-0.4, -0.2) is 9.97 Å². The van der Waals surface area contributed by atoms with Crippen LogP contribution in [0.1, 0.15) is 17.0 Å². The fourth-order valence-electron chi connectivity index (χ4n) is 1.76. The zero-order valence-electron chi connectivity index (χ0n) is 11.1. The Morgan fingerprint density at radius 1 is 1.05 bits per heavy atom. The highest BCUT2D eigenvalue weighted by atomic mass is 35.5. The number of anilines is 3. The maximum absolute atomic E-state index is 6.10. The predicted octanol–water partition coefficient (Wildman–Crippen LogP) is 3.08. The van der Waals surface area contributed by atoms with Crippen molar-refractivity contribution in [2.24, 2.45) is 5.84 Å². The summed E-state index contributed by atoms with van der Waals surface area (Å²) in [4.78, 5) is 8.61. The fraction of sp³-hybridized carbons (Fsp3) is 0.231. The molecule has 6 heteroatoms. The Kier molecular flexibility index (Phi) is 3.87. The molecule has 0 atom stereocenters. The van der Waals surface area contributed by atoms with Gasteiger partial charge >= 0.3 is 0 Å². The summed E-state index contributed by atoms with van der Waals surface area (Å²) in [6, 6.07) is 5.70. The Morgan fingerprint density at radius 3 is 2.42 bits per heavy atom. The van der Waals surface area contributed by atoms with Gasteiger partial charge in [-0.3, -0.25) is 0 Å². The monoisotopic (exact) mass is 277 g/mol. The van der Waals surface area contributed by atoms with Gasteiger partial charge in [0.1, 0.15) is 17.5 Å². The summed E-state index contributed by atoms with van der Waals surface area (Å²) in [7, 11) is 0. The van der Waals surface area contributed by atoms with Crippen molar-refractivity contribution in [2.75, 3.05) is 10.7 Å². The van der Waals surface area contributed by atoms with Crippen LogP contribution in [-0.2, 0) is 0 Å². The van der Waals surface area contributed by atoms with Crippen molar-refractivity contribution in [3.05, 3.63) is 40.2 Å². The van der Waals surface area contributed by atoms with Crippen molar-refractivity contribution in [1.29, 1.82) is 0 Å². The second kappa shape index (κ2) is 5.42. The number of nitrogens with one attached hydrogen (secondary N) is 2. The molecule has 0 unspecified atom stereocenters. The first-order valence-electron chi connectivity index (χ1n) is 5.87. The number of nitrogens with zero attached hydrogens (tertiary/aromatic N) is 2. The first-order valence-corrected chi connectivity index (χ1v) is 6.24. The van der Waals surface area contributed by atoms with E-state index in [0.717, 1.165) is 16.8 Å². The first kappa shape index (κ1) is 13.6. The number of nitrogens with two attached hydrogens (primary N) is 1. The molecule has 0 spiro atoms. The second-order valence-corrected chi connectivity index (χ2v) is 4.68. The van der Waals surface area contributed by atoms with E-state index in [1.165, 1.54) is 0 Å². The molecule has 0 radical (unpaired) electrons. The molecule has 2 aromatic rings. The minimum atomic E-state index is 0.606. The summed E-state index contributed by atoms with van der Waals surface area (Å²) < 4.78 is 0. The molecule has 1 heterocycles. The molecule has 0 aliphatic carbocycles. The highest BCUT2D eigenvalue weighted by molar-refractivity contribution is 6.31. The van der Waals surface area contributed by atoms with E-state index in [9.17, 15) is 0 Å². The highest BCUT2D eigenvalue weighted by Crippen LogP contribution is 2.28. The third-order valence-corrected chi connectivity index (χ3v) is 3.32. The number of hydrogen-bond donors (Lipinski definition) is 3. The summed E-state index contributed by atoms with van der Waals surface area (Å²) in [6.07, 6.45) is 0. The summed E-state index contributed by atoms with van der Waals surface area (Å²) >= 11 is 6.10. The molecule has 0 bridgehead atoms. The van der Waals surface area contributed by atoms with E-state index in [4.69, 9.17) is 17.4 Å².